The molecule has 0 aromatic heterocycles. The van der Waals surface area contributed by atoms with Crippen molar-refractivity contribution in [1.82, 2.24) is 10.2 Å². The van der Waals surface area contributed by atoms with Gasteiger partial charge in [-0.1, -0.05) is 38.1 Å². The molecule has 0 aliphatic rings. The number of nitrogens with one attached hydrogen (secondary N) is 1. The quantitative estimate of drug-likeness (QED) is 0.244. The molecule has 0 spiro atoms. The number of amides is 1. The molecular formula is C33H42FN3O4. The summed E-state index contributed by atoms with van der Waals surface area (Å²) < 4.78 is 24.7. The zero-order valence-electron chi connectivity index (χ0n) is 24.5. The Hall–Kier alpha value is -3.75. The minimum Gasteiger partial charge on any atom is -0.497 e. The van der Waals surface area contributed by atoms with Crippen LogP contribution in [-0.2, 0) is 17.7 Å². The van der Waals surface area contributed by atoms with Gasteiger partial charge in [0.1, 0.15) is 17.7 Å². The predicted octanol–water partition coefficient (Wildman–Crippen LogP) is 5.29. The molecule has 0 saturated carbocycles. The maximum Gasteiger partial charge on any atom is 0.338 e. The van der Waals surface area contributed by atoms with Gasteiger partial charge in [-0.15, -0.1) is 0 Å². The van der Waals surface area contributed by atoms with Gasteiger partial charge in [0, 0.05) is 37.8 Å². The molecule has 8 heteroatoms. The second-order valence-corrected chi connectivity index (χ2v) is 10.3. The van der Waals surface area contributed by atoms with Crippen LogP contribution in [0.4, 0.5) is 4.39 Å². The smallest absolute Gasteiger partial charge is 0.338 e. The Balaban J connectivity index is 1.78. The molecule has 3 N–H and O–H groups in total. The number of hydrogen-bond acceptors (Lipinski definition) is 6. The van der Waals surface area contributed by atoms with E-state index in [0.717, 1.165) is 35.3 Å². The van der Waals surface area contributed by atoms with Gasteiger partial charge in [0.25, 0.3) is 5.91 Å². The Kier molecular flexibility index (Phi) is 12.3. The van der Waals surface area contributed by atoms with Gasteiger partial charge in [0.05, 0.1) is 12.7 Å². The summed E-state index contributed by atoms with van der Waals surface area (Å²) in [7, 11) is 1.62. The highest BCUT2D eigenvalue weighted by molar-refractivity contribution is 5.98. The molecule has 3 aromatic carbocycles. The molecule has 0 fully saturated rings. The van der Waals surface area contributed by atoms with E-state index in [1.165, 1.54) is 12.1 Å². The number of hydrogen-bond donors (Lipinski definition) is 2. The molecule has 0 saturated heterocycles. The van der Waals surface area contributed by atoms with Crippen molar-refractivity contribution in [1.29, 1.82) is 0 Å². The van der Waals surface area contributed by atoms with Crippen LogP contribution in [0.1, 0.15) is 64.1 Å². The van der Waals surface area contributed by atoms with Crippen LogP contribution in [0.15, 0.2) is 66.7 Å². The normalized spacial score (nSPS) is 12.4. The van der Waals surface area contributed by atoms with Crippen molar-refractivity contribution in [3.05, 3.63) is 100 Å². The summed E-state index contributed by atoms with van der Waals surface area (Å²) in [5.74, 6) is -0.230. The van der Waals surface area contributed by atoms with E-state index in [4.69, 9.17) is 15.2 Å². The molecular weight excluding hydrogens is 521 g/mol. The third-order valence-corrected chi connectivity index (χ3v) is 6.76. The highest BCUT2D eigenvalue weighted by Crippen LogP contribution is 2.17. The molecule has 3 rings (SSSR count). The van der Waals surface area contributed by atoms with E-state index >= 15 is 0 Å². The summed E-state index contributed by atoms with van der Waals surface area (Å²) in [6.45, 7) is 8.04. The van der Waals surface area contributed by atoms with Crippen LogP contribution >= 0.6 is 0 Å². The number of halogens is 1. The number of aryl methyl sites for hydroxylation is 1. The number of nitrogens with two attached hydrogens (primary N) is 1. The summed E-state index contributed by atoms with van der Waals surface area (Å²) in [6.07, 6.45) is 1.40. The van der Waals surface area contributed by atoms with Gasteiger partial charge >= 0.3 is 5.97 Å². The van der Waals surface area contributed by atoms with Crippen LogP contribution in [0.2, 0.25) is 0 Å². The van der Waals surface area contributed by atoms with Gasteiger partial charge in [-0.05, 0) is 85.3 Å². The van der Waals surface area contributed by atoms with E-state index in [9.17, 15) is 14.0 Å². The Morgan fingerprint density at radius 2 is 1.63 bits per heavy atom. The SMILES string of the molecule is CCCN(CCC)C(=O)c1cc(C)cc(C(=O)O[C@H](CNCc2cccc(OC)c2)[C@@H](N)Cc2ccc(F)cc2)c1. The third kappa shape index (κ3) is 9.69. The van der Waals surface area contributed by atoms with Crippen molar-refractivity contribution in [2.75, 3.05) is 26.7 Å². The van der Waals surface area contributed by atoms with Crippen molar-refractivity contribution in [2.45, 2.75) is 58.7 Å². The zero-order valence-corrected chi connectivity index (χ0v) is 24.5. The van der Waals surface area contributed by atoms with Crippen molar-refractivity contribution < 1.29 is 23.5 Å². The summed E-state index contributed by atoms with van der Waals surface area (Å²) in [6, 6.07) is 18.4. The average molecular weight is 564 g/mol. The van der Waals surface area contributed by atoms with E-state index < -0.39 is 18.1 Å². The fraction of sp³-hybridized carbons (Fsp3) is 0.394. The molecule has 0 unspecified atom stereocenters. The lowest BCUT2D eigenvalue weighted by molar-refractivity contribution is 0.0238. The lowest BCUT2D eigenvalue weighted by Crippen LogP contribution is -2.46. The Bertz CT molecular complexity index is 1280. The standard InChI is InChI=1S/C33H42FN3O4/c1-5-14-37(15-6-2)32(38)26-16-23(3)17-27(20-26)33(39)41-31(30(35)19-24-10-12-28(34)13-11-24)22-36-21-25-8-7-9-29(18-25)40-4/h7-13,16-18,20,30-31,36H,5-6,14-15,19,21-22,35H2,1-4H3/t30-,31+/m0/s1. The number of rotatable bonds is 15. The molecule has 3 aromatic rings. The molecule has 0 bridgehead atoms. The second kappa shape index (κ2) is 15.9. The van der Waals surface area contributed by atoms with Gasteiger partial charge in [-0.3, -0.25) is 4.79 Å². The molecule has 0 aliphatic carbocycles. The van der Waals surface area contributed by atoms with Crippen LogP contribution < -0.4 is 15.8 Å². The van der Waals surface area contributed by atoms with Gasteiger partial charge < -0.3 is 25.4 Å². The van der Waals surface area contributed by atoms with E-state index in [-0.39, 0.29) is 11.7 Å². The van der Waals surface area contributed by atoms with Crippen LogP contribution in [0.25, 0.3) is 0 Å². The number of carbonyl (C=O) groups is 2. The van der Waals surface area contributed by atoms with Crippen molar-refractivity contribution in [3.8, 4) is 5.75 Å². The number of benzene rings is 3. The van der Waals surface area contributed by atoms with Crippen LogP contribution in [-0.4, -0.2) is 55.7 Å². The first-order chi connectivity index (χ1) is 19.7. The van der Waals surface area contributed by atoms with Crippen LogP contribution in [0.5, 0.6) is 5.75 Å². The van der Waals surface area contributed by atoms with Gasteiger partial charge in [-0.2, -0.15) is 0 Å². The average Bonchev–Trinajstić information content (AvgIpc) is 2.97. The van der Waals surface area contributed by atoms with E-state index in [2.05, 4.69) is 5.32 Å². The van der Waals surface area contributed by atoms with Gasteiger partial charge in [-0.25, -0.2) is 9.18 Å². The summed E-state index contributed by atoms with van der Waals surface area (Å²) in [5.41, 5.74) is 9.96. The maximum atomic E-state index is 13.4. The lowest BCUT2D eigenvalue weighted by atomic mass is 10.0. The number of ether oxygens (including phenoxy) is 2. The summed E-state index contributed by atoms with van der Waals surface area (Å²) in [5, 5.41) is 3.34. The molecule has 2 atom stereocenters. The molecule has 41 heavy (non-hydrogen) atoms. The molecule has 220 valence electrons. The molecule has 1 amide bonds. The highest BCUT2D eigenvalue weighted by Gasteiger charge is 2.25. The Labute approximate surface area is 242 Å². The summed E-state index contributed by atoms with van der Waals surface area (Å²) in [4.78, 5) is 28.5. The van der Waals surface area contributed by atoms with Crippen molar-refractivity contribution in [2.24, 2.45) is 5.73 Å². The molecule has 7 nitrogen and oxygen atoms in total. The fourth-order valence-corrected chi connectivity index (χ4v) is 4.71. The van der Waals surface area contributed by atoms with Gasteiger partial charge in [0.2, 0.25) is 0 Å². The minimum atomic E-state index is -0.686. The first-order valence-corrected chi connectivity index (χ1v) is 14.2. The Morgan fingerprint density at radius 3 is 2.29 bits per heavy atom. The fourth-order valence-electron chi connectivity index (χ4n) is 4.71. The highest BCUT2D eigenvalue weighted by atomic mass is 19.1. The van der Waals surface area contributed by atoms with E-state index in [1.807, 2.05) is 49.9 Å². The first-order valence-electron chi connectivity index (χ1n) is 14.2. The van der Waals surface area contributed by atoms with Crippen molar-refractivity contribution >= 4 is 11.9 Å². The largest absolute Gasteiger partial charge is 0.497 e. The third-order valence-electron chi connectivity index (χ3n) is 6.76. The zero-order chi connectivity index (χ0) is 29.8. The number of nitrogens with zero attached hydrogens (tertiary/aromatic N) is 1. The van der Waals surface area contributed by atoms with Gasteiger partial charge in [0.15, 0.2) is 0 Å². The second-order valence-electron chi connectivity index (χ2n) is 10.3. The van der Waals surface area contributed by atoms with Crippen molar-refractivity contribution in [3.63, 3.8) is 0 Å². The number of esters is 1. The molecule has 0 aliphatic heterocycles. The molecule has 0 heterocycles. The van der Waals surface area contributed by atoms with E-state index in [1.54, 1.807) is 37.4 Å². The topological polar surface area (TPSA) is 93.9 Å². The number of methoxy groups -OCH3 is 1. The monoisotopic (exact) mass is 563 g/mol. The molecule has 0 radical (unpaired) electrons. The maximum absolute atomic E-state index is 13.4. The predicted molar refractivity (Wildman–Crippen MR) is 160 cm³/mol. The Morgan fingerprint density at radius 1 is 0.951 bits per heavy atom. The van der Waals surface area contributed by atoms with E-state index in [0.29, 0.717) is 43.7 Å². The minimum absolute atomic E-state index is 0.101. The van der Waals surface area contributed by atoms with Crippen LogP contribution in [0, 0.1) is 12.7 Å². The van der Waals surface area contributed by atoms with Crippen LogP contribution in [0.3, 0.4) is 0 Å². The first kappa shape index (κ1) is 31.8. The number of carbonyl (C=O) groups excluding carboxylic acids is 2. The summed E-state index contributed by atoms with van der Waals surface area (Å²) >= 11 is 0. The lowest BCUT2D eigenvalue weighted by Gasteiger charge is -2.25.